The van der Waals surface area contributed by atoms with Crippen LogP contribution in [0.5, 0.6) is 0 Å². The van der Waals surface area contributed by atoms with Crippen LogP contribution in [-0.4, -0.2) is 36.4 Å². The van der Waals surface area contributed by atoms with Crippen molar-refractivity contribution in [1.82, 2.24) is 10.6 Å². The summed E-state index contributed by atoms with van der Waals surface area (Å²) < 4.78 is 0. The molecule has 6 N–H and O–H groups in total. The average Bonchev–Trinajstić information content (AvgIpc) is 2.78. The minimum absolute atomic E-state index is 0.0348. The second-order valence-corrected chi connectivity index (χ2v) is 8.81. The van der Waals surface area contributed by atoms with Gasteiger partial charge in [0.25, 0.3) is 5.91 Å². The molecule has 0 unspecified atom stereocenters. The van der Waals surface area contributed by atoms with Crippen molar-refractivity contribution in [2.75, 3.05) is 6.54 Å². The summed E-state index contributed by atoms with van der Waals surface area (Å²) in [6.45, 7) is 0.427. The average molecular weight is 444 g/mol. The number of rotatable bonds is 8. The van der Waals surface area contributed by atoms with Crippen LogP contribution in [0.1, 0.15) is 93.8 Å². The molecule has 7 heteroatoms. The van der Waals surface area contributed by atoms with Crippen LogP contribution in [0.15, 0.2) is 35.3 Å². The summed E-state index contributed by atoms with van der Waals surface area (Å²) in [5.74, 6) is -0.324. The second kappa shape index (κ2) is 15.3. The summed E-state index contributed by atoms with van der Waals surface area (Å²) in [5.41, 5.74) is 11.3. The zero-order valence-corrected chi connectivity index (χ0v) is 19.4. The van der Waals surface area contributed by atoms with Gasteiger partial charge in [-0.2, -0.15) is 0 Å². The third-order valence-corrected chi connectivity index (χ3v) is 6.05. The van der Waals surface area contributed by atoms with Gasteiger partial charge in [0.15, 0.2) is 5.96 Å². The Morgan fingerprint density at radius 1 is 0.906 bits per heavy atom. The first-order chi connectivity index (χ1) is 15.6. The van der Waals surface area contributed by atoms with Crippen LogP contribution in [0.2, 0.25) is 0 Å². The molecule has 0 aromatic heterocycles. The van der Waals surface area contributed by atoms with Gasteiger partial charge in [-0.25, -0.2) is 0 Å². The maximum absolute atomic E-state index is 13.2. The summed E-state index contributed by atoms with van der Waals surface area (Å²) in [6.07, 6.45) is 14.3. The molecule has 1 saturated carbocycles. The van der Waals surface area contributed by atoms with Crippen molar-refractivity contribution in [3.05, 3.63) is 35.9 Å². The van der Waals surface area contributed by atoms with Gasteiger partial charge in [-0.3, -0.25) is 14.6 Å². The predicted octanol–water partition coefficient (Wildman–Crippen LogP) is 3.63. The lowest BCUT2D eigenvalue weighted by Gasteiger charge is -2.24. The SMILES string of the molecule is NC(N)=NCCC[C@H](NC(=O)c1ccccc1)C(=O)NC1CCCCCCCCCCC1. The largest absolute Gasteiger partial charge is 0.370 e. The summed E-state index contributed by atoms with van der Waals surface area (Å²) >= 11 is 0. The second-order valence-electron chi connectivity index (χ2n) is 8.81. The molecular weight excluding hydrogens is 402 g/mol. The number of hydrogen-bond acceptors (Lipinski definition) is 3. The first-order valence-electron chi connectivity index (χ1n) is 12.3. The third kappa shape index (κ3) is 10.6. The van der Waals surface area contributed by atoms with Gasteiger partial charge >= 0.3 is 0 Å². The molecule has 0 radical (unpaired) electrons. The van der Waals surface area contributed by atoms with E-state index in [1.54, 1.807) is 12.1 Å². The van der Waals surface area contributed by atoms with Gasteiger partial charge in [-0.05, 0) is 37.8 Å². The maximum Gasteiger partial charge on any atom is 0.251 e. The lowest BCUT2D eigenvalue weighted by molar-refractivity contribution is -0.124. The van der Waals surface area contributed by atoms with Gasteiger partial charge in [-0.1, -0.05) is 76.0 Å². The van der Waals surface area contributed by atoms with Gasteiger partial charge in [0.05, 0.1) is 0 Å². The number of guanidine groups is 1. The van der Waals surface area contributed by atoms with E-state index in [1.807, 2.05) is 18.2 Å². The fourth-order valence-corrected chi connectivity index (χ4v) is 4.21. The highest BCUT2D eigenvalue weighted by molar-refractivity contribution is 5.97. The molecule has 2 rings (SSSR count). The lowest BCUT2D eigenvalue weighted by Crippen LogP contribution is -2.49. The highest BCUT2D eigenvalue weighted by atomic mass is 16.2. The Morgan fingerprint density at radius 2 is 1.47 bits per heavy atom. The van der Waals surface area contributed by atoms with Crippen LogP contribution >= 0.6 is 0 Å². The molecule has 1 atom stereocenters. The number of carbonyl (C=O) groups excluding carboxylic acids is 2. The molecule has 7 nitrogen and oxygen atoms in total. The van der Waals surface area contributed by atoms with Crippen LogP contribution in [0.4, 0.5) is 0 Å². The van der Waals surface area contributed by atoms with Crippen LogP contribution in [0, 0.1) is 0 Å². The molecule has 0 saturated heterocycles. The summed E-state index contributed by atoms with van der Waals surface area (Å²) in [6, 6.07) is 8.53. The molecule has 0 heterocycles. The van der Waals surface area contributed by atoms with E-state index in [-0.39, 0.29) is 23.8 Å². The fraction of sp³-hybridized carbons (Fsp3) is 0.640. The van der Waals surface area contributed by atoms with Crippen LogP contribution in [0.25, 0.3) is 0 Å². The molecular formula is C25H41N5O2. The van der Waals surface area contributed by atoms with Crippen molar-refractivity contribution in [3.8, 4) is 0 Å². The van der Waals surface area contributed by atoms with E-state index in [2.05, 4.69) is 15.6 Å². The number of carbonyl (C=O) groups is 2. The Kier molecular flexibility index (Phi) is 12.3. The van der Waals surface area contributed by atoms with Crippen LogP contribution < -0.4 is 22.1 Å². The molecule has 1 fully saturated rings. The summed E-state index contributed by atoms with van der Waals surface area (Å²) in [7, 11) is 0. The van der Waals surface area contributed by atoms with Crippen LogP contribution in [-0.2, 0) is 4.79 Å². The molecule has 178 valence electrons. The first-order valence-corrected chi connectivity index (χ1v) is 12.3. The molecule has 1 aromatic carbocycles. The normalized spacial score (nSPS) is 17.2. The third-order valence-electron chi connectivity index (χ3n) is 6.05. The number of nitrogens with zero attached hydrogens (tertiary/aromatic N) is 1. The number of nitrogens with one attached hydrogen (secondary N) is 2. The Bertz CT molecular complexity index is 692. The minimum Gasteiger partial charge on any atom is -0.370 e. The fourth-order valence-electron chi connectivity index (χ4n) is 4.21. The molecule has 0 bridgehead atoms. The zero-order chi connectivity index (χ0) is 23.0. The molecule has 2 amide bonds. The smallest absolute Gasteiger partial charge is 0.251 e. The Morgan fingerprint density at radius 3 is 2.03 bits per heavy atom. The maximum atomic E-state index is 13.2. The Labute approximate surface area is 192 Å². The predicted molar refractivity (Wildman–Crippen MR) is 130 cm³/mol. The van der Waals surface area contributed by atoms with Gasteiger partial charge in [0, 0.05) is 18.2 Å². The number of nitrogens with two attached hydrogens (primary N) is 2. The molecule has 1 aromatic rings. The van der Waals surface area contributed by atoms with E-state index >= 15 is 0 Å². The summed E-state index contributed by atoms with van der Waals surface area (Å²) in [4.78, 5) is 29.9. The van der Waals surface area contributed by atoms with Crippen molar-refractivity contribution in [1.29, 1.82) is 0 Å². The quantitative estimate of drug-likeness (QED) is 0.278. The highest BCUT2D eigenvalue weighted by Crippen LogP contribution is 2.17. The minimum atomic E-state index is -0.613. The number of hydrogen-bond donors (Lipinski definition) is 4. The number of benzene rings is 1. The molecule has 0 aliphatic heterocycles. The molecule has 0 spiro atoms. The number of amides is 2. The lowest BCUT2D eigenvalue weighted by atomic mass is 9.97. The molecule has 32 heavy (non-hydrogen) atoms. The van der Waals surface area contributed by atoms with E-state index in [1.165, 1.54) is 44.9 Å². The van der Waals surface area contributed by atoms with Crippen molar-refractivity contribution >= 4 is 17.8 Å². The van der Waals surface area contributed by atoms with Crippen molar-refractivity contribution in [3.63, 3.8) is 0 Å². The standard InChI is InChI=1S/C25H41N5O2/c26-25(27)28-19-13-18-22(30-23(31)20-14-9-8-10-15-20)24(32)29-21-16-11-6-4-2-1-3-5-7-12-17-21/h8-10,14-15,21-22H,1-7,11-13,16-19H2,(H,29,32)(H,30,31)(H4,26,27,28)/t22-/m0/s1. The topological polar surface area (TPSA) is 123 Å². The van der Waals surface area contributed by atoms with Crippen molar-refractivity contribution in [2.24, 2.45) is 16.5 Å². The van der Waals surface area contributed by atoms with E-state index in [0.717, 1.165) is 25.7 Å². The van der Waals surface area contributed by atoms with Gasteiger partial charge in [0.2, 0.25) is 5.91 Å². The highest BCUT2D eigenvalue weighted by Gasteiger charge is 2.23. The van der Waals surface area contributed by atoms with Crippen molar-refractivity contribution < 1.29 is 9.59 Å². The number of aliphatic imine (C=N–C) groups is 1. The monoisotopic (exact) mass is 443 g/mol. The first kappa shape index (κ1) is 25.7. The van der Waals surface area contributed by atoms with E-state index in [4.69, 9.17) is 11.5 Å². The summed E-state index contributed by atoms with van der Waals surface area (Å²) in [5, 5.41) is 6.16. The van der Waals surface area contributed by atoms with Gasteiger partial charge in [0.1, 0.15) is 6.04 Å². The van der Waals surface area contributed by atoms with Gasteiger partial charge in [-0.15, -0.1) is 0 Å². The Balaban J connectivity index is 1.98. The van der Waals surface area contributed by atoms with E-state index in [9.17, 15) is 9.59 Å². The molecule has 1 aliphatic rings. The zero-order valence-electron chi connectivity index (χ0n) is 19.4. The van der Waals surface area contributed by atoms with Crippen molar-refractivity contribution in [2.45, 2.75) is 95.6 Å². The van der Waals surface area contributed by atoms with E-state index < -0.39 is 6.04 Å². The molecule has 1 aliphatic carbocycles. The van der Waals surface area contributed by atoms with Gasteiger partial charge < -0.3 is 22.1 Å². The van der Waals surface area contributed by atoms with E-state index in [0.29, 0.717) is 24.9 Å². The van der Waals surface area contributed by atoms with Crippen LogP contribution in [0.3, 0.4) is 0 Å². The Hall–Kier alpha value is -2.57.